The summed E-state index contributed by atoms with van der Waals surface area (Å²) in [5.41, 5.74) is 1.02. The summed E-state index contributed by atoms with van der Waals surface area (Å²) in [5, 5.41) is 7.96. The molecule has 1 aromatic carbocycles. The van der Waals surface area contributed by atoms with E-state index in [0.717, 1.165) is 16.5 Å². The minimum absolute atomic E-state index is 0.651. The van der Waals surface area contributed by atoms with E-state index < -0.39 is 0 Å². The minimum atomic E-state index is 0.651. The van der Waals surface area contributed by atoms with Crippen LogP contribution in [0.3, 0.4) is 0 Å². The number of aryl methyl sites for hydroxylation is 1. The van der Waals surface area contributed by atoms with Gasteiger partial charge in [0.1, 0.15) is 12.2 Å². The van der Waals surface area contributed by atoms with Gasteiger partial charge in [0.25, 0.3) is 0 Å². The summed E-state index contributed by atoms with van der Waals surface area (Å²) in [7, 11) is 1.87. The molecule has 1 heterocycles. The smallest absolute Gasteiger partial charge is 0.145 e. The van der Waals surface area contributed by atoms with E-state index in [-0.39, 0.29) is 0 Å². The maximum Gasteiger partial charge on any atom is 0.145 e. The van der Waals surface area contributed by atoms with Gasteiger partial charge < -0.3 is 5.32 Å². The first-order chi connectivity index (χ1) is 7.25. The van der Waals surface area contributed by atoms with Crippen molar-refractivity contribution in [3.63, 3.8) is 0 Å². The predicted octanol–water partition coefficient (Wildman–Crippen LogP) is 2.08. The number of halogens is 1. The van der Waals surface area contributed by atoms with Crippen LogP contribution < -0.4 is 5.32 Å². The lowest BCUT2D eigenvalue weighted by molar-refractivity contribution is 0.712. The Kier molecular flexibility index (Phi) is 2.87. The largest absolute Gasteiger partial charge is 0.378 e. The third kappa shape index (κ3) is 2.47. The van der Waals surface area contributed by atoms with Crippen LogP contribution in [-0.4, -0.2) is 14.8 Å². The first kappa shape index (κ1) is 9.98. The normalized spacial score (nSPS) is 10.3. The van der Waals surface area contributed by atoms with Crippen LogP contribution in [0, 0.1) is 0 Å². The summed E-state index contributed by atoms with van der Waals surface area (Å²) in [6.45, 7) is 0.651. The van der Waals surface area contributed by atoms with E-state index in [1.54, 1.807) is 11.0 Å². The van der Waals surface area contributed by atoms with Gasteiger partial charge >= 0.3 is 0 Å². The molecule has 5 heteroatoms. The summed E-state index contributed by atoms with van der Waals surface area (Å²) in [6.07, 6.45) is 1.54. The van der Waals surface area contributed by atoms with E-state index in [1.165, 1.54) is 0 Å². The molecule has 0 aliphatic rings. The first-order valence-electron chi connectivity index (χ1n) is 4.58. The average Bonchev–Trinajstić information content (AvgIpc) is 2.63. The van der Waals surface area contributed by atoms with Crippen molar-refractivity contribution in [2.24, 2.45) is 7.05 Å². The zero-order valence-electron chi connectivity index (χ0n) is 8.31. The zero-order chi connectivity index (χ0) is 10.7. The summed E-state index contributed by atoms with van der Waals surface area (Å²) >= 11 is 5.78. The Morgan fingerprint density at radius 2 is 2.07 bits per heavy atom. The predicted molar refractivity (Wildman–Crippen MR) is 59.8 cm³/mol. The van der Waals surface area contributed by atoms with Crippen LogP contribution in [0.15, 0.2) is 30.6 Å². The Morgan fingerprint density at radius 1 is 1.33 bits per heavy atom. The third-order valence-corrected chi connectivity index (χ3v) is 2.35. The van der Waals surface area contributed by atoms with Crippen molar-refractivity contribution in [2.45, 2.75) is 6.54 Å². The third-order valence-electron chi connectivity index (χ3n) is 2.10. The number of rotatable bonds is 3. The molecule has 0 saturated heterocycles. The van der Waals surface area contributed by atoms with Crippen LogP contribution in [0.2, 0.25) is 5.02 Å². The molecule has 0 aliphatic heterocycles. The monoisotopic (exact) mass is 222 g/mol. The molecule has 0 aliphatic carbocycles. The van der Waals surface area contributed by atoms with Crippen LogP contribution in [0.1, 0.15) is 5.82 Å². The fourth-order valence-corrected chi connectivity index (χ4v) is 1.36. The lowest BCUT2D eigenvalue weighted by Crippen LogP contribution is -2.06. The molecule has 15 heavy (non-hydrogen) atoms. The topological polar surface area (TPSA) is 42.7 Å². The number of hydrogen-bond acceptors (Lipinski definition) is 3. The Bertz CT molecular complexity index is 435. The van der Waals surface area contributed by atoms with Crippen LogP contribution in [0.5, 0.6) is 0 Å². The Labute approximate surface area is 92.9 Å². The van der Waals surface area contributed by atoms with Gasteiger partial charge in [-0.1, -0.05) is 11.6 Å². The van der Waals surface area contributed by atoms with E-state index in [0.29, 0.717) is 6.54 Å². The molecule has 0 spiro atoms. The van der Waals surface area contributed by atoms with Gasteiger partial charge in [-0.2, -0.15) is 5.10 Å². The second-order valence-electron chi connectivity index (χ2n) is 3.16. The second kappa shape index (κ2) is 4.31. The number of hydrogen-bond donors (Lipinski definition) is 1. The van der Waals surface area contributed by atoms with E-state index >= 15 is 0 Å². The summed E-state index contributed by atoms with van der Waals surface area (Å²) in [5.74, 6) is 0.893. The minimum Gasteiger partial charge on any atom is -0.378 e. The fraction of sp³-hybridized carbons (Fsp3) is 0.200. The van der Waals surface area contributed by atoms with Crippen LogP contribution >= 0.6 is 11.6 Å². The van der Waals surface area contributed by atoms with E-state index in [9.17, 15) is 0 Å². The Hall–Kier alpha value is -1.55. The lowest BCUT2D eigenvalue weighted by atomic mass is 10.3. The highest BCUT2D eigenvalue weighted by Gasteiger charge is 1.99. The van der Waals surface area contributed by atoms with Crippen LogP contribution in [0.4, 0.5) is 5.69 Å². The SMILES string of the molecule is Cn1ncnc1CNc1ccc(Cl)cc1. The van der Waals surface area contributed by atoms with Crippen LogP contribution in [0.25, 0.3) is 0 Å². The van der Waals surface area contributed by atoms with Crippen molar-refractivity contribution in [3.8, 4) is 0 Å². The molecule has 0 radical (unpaired) electrons. The number of benzene rings is 1. The quantitative estimate of drug-likeness (QED) is 0.865. The van der Waals surface area contributed by atoms with E-state index in [1.807, 2.05) is 31.3 Å². The molecule has 0 saturated carbocycles. The molecule has 4 nitrogen and oxygen atoms in total. The Balaban J connectivity index is 1.99. The molecule has 0 bridgehead atoms. The van der Waals surface area contributed by atoms with Crippen molar-refractivity contribution in [2.75, 3.05) is 5.32 Å². The van der Waals surface area contributed by atoms with Crippen molar-refractivity contribution in [3.05, 3.63) is 41.4 Å². The average molecular weight is 223 g/mol. The number of nitrogens with one attached hydrogen (secondary N) is 1. The van der Waals surface area contributed by atoms with Crippen molar-refractivity contribution in [1.29, 1.82) is 0 Å². The van der Waals surface area contributed by atoms with Gasteiger partial charge in [0.2, 0.25) is 0 Å². The highest BCUT2D eigenvalue weighted by Crippen LogP contribution is 2.13. The molecule has 0 amide bonds. The van der Waals surface area contributed by atoms with Gasteiger partial charge in [-0.05, 0) is 24.3 Å². The molecule has 2 aromatic rings. The molecule has 1 aromatic heterocycles. The molecule has 0 fully saturated rings. The Morgan fingerprint density at radius 3 is 2.67 bits per heavy atom. The zero-order valence-corrected chi connectivity index (χ0v) is 9.07. The standard InChI is InChI=1S/C10H11ClN4/c1-15-10(13-7-14-15)6-12-9-4-2-8(11)3-5-9/h2-5,7,12H,6H2,1H3. The first-order valence-corrected chi connectivity index (χ1v) is 4.96. The van der Waals surface area contributed by atoms with Crippen molar-refractivity contribution in [1.82, 2.24) is 14.8 Å². The molecular weight excluding hydrogens is 212 g/mol. The molecular formula is C10H11ClN4. The number of anilines is 1. The van der Waals surface area contributed by atoms with Crippen molar-refractivity contribution >= 4 is 17.3 Å². The van der Waals surface area contributed by atoms with Gasteiger partial charge in [0.15, 0.2) is 0 Å². The summed E-state index contributed by atoms with van der Waals surface area (Å²) in [6, 6.07) is 7.55. The maximum absolute atomic E-state index is 5.78. The molecule has 0 atom stereocenters. The number of aromatic nitrogens is 3. The fourth-order valence-electron chi connectivity index (χ4n) is 1.23. The van der Waals surface area contributed by atoms with Gasteiger partial charge in [-0.15, -0.1) is 0 Å². The van der Waals surface area contributed by atoms with E-state index in [4.69, 9.17) is 11.6 Å². The molecule has 2 rings (SSSR count). The molecule has 0 unspecified atom stereocenters. The van der Waals surface area contributed by atoms with Gasteiger partial charge in [0.05, 0.1) is 6.54 Å². The highest BCUT2D eigenvalue weighted by molar-refractivity contribution is 6.30. The molecule has 1 N–H and O–H groups in total. The summed E-state index contributed by atoms with van der Waals surface area (Å²) < 4.78 is 1.74. The van der Waals surface area contributed by atoms with Gasteiger partial charge in [-0.25, -0.2) is 4.98 Å². The maximum atomic E-state index is 5.78. The van der Waals surface area contributed by atoms with E-state index in [2.05, 4.69) is 15.4 Å². The van der Waals surface area contributed by atoms with Crippen molar-refractivity contribution < 1.29 is 0 Å². The summed E-state index contributed by atoms with van der Waals surface area (Å²) in [4.78, 5) is 4.11. The molecule has 78 valence electrons. The lowest BCUT2D eigenvalue weighted by Gasteiger charge is -2.05. The van der Waals surface area contributed by atoms with Crippen LogP contribution in [-0.2, 0) is 13.6 Å². The van der Waals surface area contributed by atoms with Gasteiger partial charge in [-0.3, -0.25) is 4.68 Å². The van der Waals surface area contributed by atoms with Gasteiger partial charge in [0, 0.05) is 17.8 Å². The highest BCUT2D eigenvalue weighted by atomic mass is 35.5. The second-order valence-corrected chi connectivity index (χ2v) is 3.60. The number of nitrogens with zero attached hydrogens (tertiary/aromatic N) is 3.